The molecule has 0 aliphatic carbocycles. The molecular weight excluding hydrogens is 481 g/mol. The molecule has 1 aromatic carbocycles. The van der Waals surface area contributed by atoms with Gasteiger partial charge in [-0.15, -0.1) is 24.0 Å². The van der Waals surface area contributed by atoms with Crippen LogP contribution in [0.5, 0.6) is 0 Å². The van der Waals surface area contributed by atoms with Gasteiger partial charge < -0.3 is 20.3 Å². The third kappa shape index (κ3) is 12.6. The molecule has 0 fully saturated rings. The van der Waals surface area contributed by atoms with Crippen LogP contribution in [-0.4, -0.2) is 62.3 Å². The Balaban J connectivity index is 0.00000784. The van der Waals surface area contributed by atoms with Gasteiger partial charge in [0.15, 0.2) is 5.96 Å². The predicted molar refractivity (Wildman–Crippen MR) is 133 cm³/mol. The molecule has 0 heterocycles. The average molecular weight is 519 g/mol. The number of hydrogen-bond donors (Lipinski definition) is 3. The first-order chi connectivity index (χ1) is 13.3. The molecular formula is C21H38IN5O2. The normalized spacial score (nSPS) is 11.6. The van der Waals surface area contributed by atoms with Crippen LogP contribution in [0.2, 0.25) is 0 Å². The smallest absolute Gasteiger partial charge is 0.412 e. The lowest BCUT2D eigenvalue weighted by atomic mass is 10.1. The summed E-state index contributed by atoms with van der Waals surface area (Å²) < 4.78 is 5.25. The second-order valence-electron chi connectivity index (χ2n) is 7.53. The number of halogens is 1. The predicted octanol–water partition coefficient (Wildman–Crippen LogP) is 3.70. The van der Waals surface area contributed by atoms with Crippen LogP contribution in [-0.2, 0) is 11.2 Å². The first-order valence-corrected chi connectivity index (χ1v) is 10.0. The molecule has 8 heteroatoms. The van der Waals surface area contributed by atoms with Gasteiger partial charge in [-0.2, -0.15) is 0 Å². The Kier molecular flexibility index (Phi) is 13.7. The molecule has 3 N–H and O–H groups in total. The van der Waals surface area contributed by atoms with Crippen LogP contribution >= 0.6 is 24.0 Å². The summed E-state index contributed by atoms with van der Waals surface area (Å²) in [5, 5.41) is 9.41. The molecule has 7 nitrogen and oxygen atoms in total. The summed E-state index contributed by atoms with van der Waals surface area (Å²) >= 11 is 0. The number of hydrogen-bond acceptors (Lipinski definition) is 4. The van der Waals surface area contributed by atoms with Crippen molar-refractivity contribution in [2.24, 2.45) is 4.99 Å². The van der Waals surface area contributed by atoms with E-state index in [1.54, 1.807) is 7.05 Å². The third-order valence-corrected chi connectivity index (χ3v) is 4.14. The van der Waals surface area contributed by atoms with Gasteiger partial charge in [0.1, 0.15) is 5.60 Å². The number of carbonyl (C=O) groups excluding carboxylic acids is 1. The maximum atomic E-state index is 11.8. The van der Waals surface area contributed by atoms with Crippen molar-refractivity contribution in [1.29, 1.82) is 0 Å². The molecule has 0 atom stereocenters. The standard InChI is InChI=1S/C21H37N5O2.HI/c1-7-26(8-2)16-15-24-19(22-6)23-14-13-17-9-11-18(12-10-17)25-20(27)28-21(3,4)5;/h9-12H,7-8,13-16H2,1-6H3,(H,25,27)(H2,22,23,24);1H. The van der Waals surface area contributed by atoms with Crippen LogP contribution in [0.25, 0.3) is 0 Å². The van der Waals surface area contributed by atoms with Crippen molar-refractivity contribution in [2.75, 3.05) is 45.1 Å². The number of benzene rings is 1. The van der Waals surface area contributed by atoms with Crippen molar-refractivity contribution in [3.8, 4) is 0 Å². The number of amides is 1. The summed E-state index contributed by atoms with van der Waals surface area (Å²) in [7, 11) is 1.78. The van der Waals surface area contributed by atoms with Crippen molar-refractivity contribution in [3.63, 3.8) is 0 Å². The summed E-state index contributed by atoms with van der Waals surface area (Å²) in [5.74, 6) is 0.815. The number of anilines is 1. The number of aliphatic imine (C=N–C) groups is 1. The molecule has 0 bridgehead atoms. The van der Waals surface area contributed by atoms with E-state index < -0.39 is 11.7 Å². The van der Waals surface area contributed by atoms with E-state index in [2.05, 4.69) is 39.7 Å². The molecule has 0 saturated heterocycles. The van der Waals surface area contributed by atoms with Crippen molar-refractivity contribution >= 4 is 41.7 Å². The van der Waals surface area contributed by atoms with Crippen molar-refractivity contribution in [3.05, 3.63) is 29.8 Å². The molecule has 1 amide bonds. The van der Waals surface area contributed by atoms with E-state index in [0.717, 1.165) is 50.8 Å². The molecule has 0 spiro atoms. The zero-order valence-electron chi connectivity index (χ0n) is 18.7. The van der Waals surface area contributed by atoms with Crippen molar-refractivity contribution in [2.45, 2.75) is 46.6 Å². The van der Waals surface area contributed by atoms with E-state index in [1.807, 2.05) is 45.0 Å². The van der Waals surface area contributed by atoms with Crippen molar-refractivity contribution in [1.82, 2.24) is 15.5 Å². The highest BCUT2D eigenvalue weighted by Crippen LogP contribution is 2.13. The zero-order valence-corrected chi connectivity index (χ0v) is 21.0. The molecule has 0 saturated carbocycles. The highest BCUT2D eigenvalue weighted by atomic mass is 127. The van der Waals surface area contributed by atoms with Crippen LogP contribution in [0.4, 0.5) is 10.5 Å². The topological polar surface area (TPSA) is 78.0 Å². The minimum Gasteiger partial charge on any atom is -0.444 e. The second kappa shape index (κ2) is 14.4. The van der Waals surface area contributed by atoms with Gasteiger partial charge in [0, 0.05) is 32.4 Å². The molecule has 166 valence electrons. The summed E-state index contributed by atoms with van der Waals surface area (Å²) in [6.45, 7) is 14.6. The van der Waals surface area contributed by atoms with Gasteiger partial charge >= 0.3 is 6.09 Å². The molecule has 0 radical (unpaired) electrons. The molecule has 0 aliphatic rings. The lowest BCUT2D eigenvalue weighted by Crippen LogP contribution is -2.42. The number of carbonyl (C=O) groups is 1. The summed E-state index contributed by atoms with van der Waals surface area (Å²) in [6.07, 6.45) is 0.421. The van der Waals surface area contributed by atoms with E-state index in [4.69, 9.17) is 4.74 Å². The number of nitrogens with zero attached hydrogens (tertiary/aromatic N) is 2. The van der Waals surface area contributed by atoms with Crippen LogP contribution in [0.1, 0.15) is 40.2 Å². The minimum absolute atomic E-state index is 0. The van der Waals surface area contributed by atoms with Crippen molar-refractivity contribution < 1.29 is 9.53 Å². The fraction of sp³-hybridized carbons (Fsp3) is 0.619. The maximum absolute atomic E-state index is 11.8. The SMILES string of the molecule is CCN(CC)CCNC(=NC)NCCc1ccc(NC(=O)OC(C)(C)C)cc1.I. The van der Waals surface area contributed by atoms with Crippen LogP contribution < -0.4 is 16.0 Å². The number of likely N-dealkylation sites (N-methyl/N-ethyl adjacent to an activating group) is 1. The number of rotatable bonds is 9. The summed E-state index contributed by atoms with van der Waals surface area (Å²) in [6, 6.07) is 7.78. The van der Waals surface area contributed by atoms with Gasteiger partial charge in [-0.05, 0) is 58.0 Å². The Labute approximate surface area is 193 Å². The first-order valence-electron chi connectivity index (χ1n) is 10.0. The molecule has 0 aliphatic heterocycles. The third-order valence-electron chi connectivity index (χ3n) is 4.14. The van der Waals surface area contributed by atoms with Crippen LogP contribution in [0, 0.1) is 0 Å². The molecule has 29 heavy (non-hydrogen) atoms. The molecule has 0 aromatic heterocycles. The zero-order chi connectivity index (χ0) is 21.0. The quantitative estimate of drug-likeness (QED) is 0.264. The minimum atomic E-state index is -0.506. The number of guanidine groups is 1. The fourth-order valence-corrected chi connectivity index (χ4v) is 2.59. The first kappa shape index (κ1) is 27.5. The summed E-state index contributed by atoms with van der Waals surface area (Å²) in [4.78, 5) is 18.4. The van der Waals surface area contributed by atoms with Gasteiger partial charge in [-0.3, -0.25) is 10.3 Å². The Morgan fingerprint density at radius 3 is 2.17 bits per heavy atom. The highest BCUT2D eigenvalue weighted by molar-refractivity contribution is 14.0. The number of ether oxygens (including phenoxy) is 1. The number of nitrogens with one attached hydrogen (secondary N) is 3. The van der Waals surface area contributed by atoms with Gasteiger partial charge in [0.25, 0.3) is 0 Å². The van der Waals surface area contributed by atoms with E-state index >= 15 is 0 Å². The summed E-state index contributed by atoms with van der Waals surface area (Å²) in [5.41, 5.74) is 1.40. The molecule has 1 aromatic rings. The Morgan fingerprint density at radius 2 is 1.66 bits per heavy atom. The Bertz CT molecular complexity index is 610. The van der Waals surface area contributed by atoms with Gasteiger partial charge in [-0.25, -0.2) is 4.79 Å². The monoisotopic (exact) mass is 519 g/mol. The van der Waals surface area contributed by atoms with Crippen LogP contribution in [0.3, 0.4) is 0 Å². The Morgan fingerprint density at radius 1 is 1.07 bits per heavy atom. The van der Waals surface area contributed by atoms with E-state index in [9.17, 15) is 4.79 Å². The largest absolute Gasteiger partial charge is 0.444 e. The lowest BCUT2D eigenvalue weighted by molar-refractivity contribution is 0.0636. The van der Waals surface area contributed by atoms with E-state index in [-0.39, 0.29) is 24.0 Å². The Hall–Kier alpha value is -1.55. The molecule has 1 rings (SSSR count). The molecule has 0 unspecified atom stereocenters. The fourth-order valence-electron chi connectivity index (χ4n) is 2.59. The maximum Gasteiger partial charge on any atom is 0.412 e. The second-order valence-corrected chi connectivity index (χ2v) is 7.53. The van der Waals surface area contributed by atoms with Crippen LogP contribution in [0.15, 0.2) is 29.3 Å². The van der Waals surface area contributed by atoms with E-state index in [1.165, 1.54) is 5.56 Å². The average Bonchev–Trinajstić information content (AvgIpc) is 2.63. The van der Waals surface area contributed by atoms with Gasteiger partial charge in [0.2, 0.25) is 0 Å². The lowest BCUT2D eigenvalue weighted by Gasteiger charge is -2.19. The van der Waals surface area contributed by atoms with E-state index in [0.29, 0.717) is 0 Å². The highest BCUT2D eigenvalue weighted by Gasteiger charge is 2.16. The van der Waals surface area contributed by atoms with Gasteiger partial charge in [0.05, 0.1) is 0 Å². The van der Waals surface area contributed by atoms with Gasteiger partial charge in [-0.1, -0.05) is 26.0 Å².